The van der Waals surface area contributed by atoms with Crippen molar-refractivity contribution in [2.45, 2.75) is 25.6 Å². The SMILES string of the molecule is CCC(NC(=O)OC)[Si](C)(OC)OC. The van der Waals surface area contributed by atoms with E-state index in [4.69, 9.17) is 8.85 Å². The zero-order valence-corrected chi connectivity index (χ0v) is 10.4. The Bertz CT molecular complexity index is 184. The van der Waals surface area contributed by atoms with Crippen molar-refractivity contribution in [3.63, 3.8) is 0 Å². The van der Waals surface area contributed by atoms with Gasteiger partial charge in [-0.25, -0.2) is 4.79 Å². The summed E-state index contributed by atoms with van der Waals surface area (Å²) in [5.41, 5.74) is -0.107. The highest BCUT2D eigenvalue weighted by atomic mass is 28.4. The van der Waals surface area contributed by atoms with Crippen LogP contribution in [0.5, 0.6) is 0 Å². The predicted octanol–water partition coefficient (Wildman–Crippen LogP) is 1.02. The average molecular weight is 221 g/mol. The molecule has 0 radical (unpaired) electrons. The van der Waals surface area contributed by atoms with Crippen molar-refractivity contribution in [3.05, 3.63) is 0 Å². The maximum absolute atomic E-state index is 11.0. The van der Waals surface area contributed by atoms with E-state index in [1.54, 1.807) is 14.2 Å². The lowest BCUT2D eigenvalue weighted by molar-refractivity contribution is 0.163. The molecule has 0 heterocycles. The minimum Gasteiger partial charge on any atom is -0.453 e. The molecule has 0 aliphatic heterocycles. The van der Waals surface area contributed by atoms with Crippen LogP contribution in [0.3, 0.4) is 0 Å². The fraction of sp³-hybridized carbons (Fsp3) is 0.875. The van der Waals surface area contributed by atoms with Crippen LogP contribution >= 0.6 is 0 Å². The second-order valence-electron chi connectivity index (χ2n) is 3.02. The van der Waals surface area contributed by atoms with E-state index in [9.17, 15) is 4.79 Å². The number of alkyl carbamates (subject to hydrolysis) is 1. The van der Waals surface area contributed by atoms with Gasteiger partial charge in [-0.05, 0) is 13.0 Å². The van der Waals surface area contributed by atoms with Crippen molar-refractivity contribution in [2.24, 2.45) is 0 Å². The van der Waals surface area contributed by atoms with Crippen molar-refractivity contribution in [3.8, 4) is 0 Å². The summed E-state index contributed by atoms with van der Waals surface area (Å²) < 4.78 is 15.2. The molecule has 1 atom stereocenters. The quantitative estimate of drug-likeness (QED) is 0.704. The normalized spacial score (nSPS) is 13.5. The zero-order chi connectivity index (χ0) is 11.2. The summed E-state index contributed by atoms with van der Waals surface area (Å²) in [7, 11) is 2.21. The minimum atomic E-state index is -2.32. The first kappa shape index (κ1) is 13.4. The fourth-order valence-electron chi connectivity index (χ4n) is 1.17. The van der Waals surface area contributed by atoms with Gasteiger partial charge in [-0.15, -0.1) is 0 Å². The number of hydrogen-bond donors (Lipinski definition) is 1. The van der Waals surface area contributed by atoms with Crippen molar-refractivity contribution < 1.29 is 18.4 Å². The van der Waals surface area contributed by atoms with E-state index in [-0.39, 0.29) is 5.67 Å². The lowest BCUT2D eigenvalue weighted by Gasteiger charge is -2.31. The van der Waals surface area contributed by atoms with Gasteiger partial charge in [-0.3, -0.25) is 0 Å². The lowest BCUT2D eigenvalue weighted by atomic mass is 10.5. The van der Waals surface area contributed by atoms with Gasteiger partial charge in [-0.1, -0.05) is 6.92 Å². The third-order valence-electron chi connectivity index (χ3n) is 2.33. The Morgan fingerprint density at radius 3 is 2.14 bits per heavy atom. The van der Waals surface area contributed by atoms with Crippen LogP contribution < -0.4 is 5.32 Å². The molecule has 0 aromatic rings. The van der Waals surface area contributed by atoms with Crippen LogP contribution in [-0.2, 0) is 13.6 Å². The molecule has 0 aromatic heterocycles. The Hall–Kier alpha value is -0.593. The molecular weight excluding hydrogens is 202 g/mol. The largest absolute Gasteiger partial charge is 0.453 e. The summed E-state index contributed by atoms with van der Waals surface area (Å²) in [5, 5.41) is 2.71. The van der Waals surface area contributed by atoms with E-state index >= 15 is 0 Å². The molecule has 0 saturated heterocycles. The summed E-state index contributed by atoms with van der Waals surface area (Å²) in [6, 6.07) is 0. The van der Waals surface area contributed by atoms with Crippen LogP contribution in [0, 0.1) is 0 Å². The molecule has 1 unspecified atom stereocenters. The van der Waals surface area contributed by atoms with E-state index in [0.29, 0.717) is 0 Å². The Balaban J connectivity index is 4.44. The van der Waals surface area contributed by atoms with Crippen LogP contribution in [0.1, 0.15) is 13.3 Å². The van der Waals surface area contributed by atoms with Gasteiger partial charge < -0.3 is 18.9 Å². The number of ether oxygens (including phenoxy) is 1. The average Bonchev–Trinajstić information content (AvgIpc) is 2.24. The van der Waals surface area contributed by atoms with Gasteiger partial charge in [0.1, 0.15) is 0 Å². The highest BCUT2D eigenvalue weighted by molar-refractivity contribution is 6.67. The number of methoxy groups -OCH3 is 1. The summed E-state index contributed by atoms with van der Waals surface area (Å²) in [6.07, 6.45) is 0.296. The van der Waals surface area contributed by atoms with Gasteiger partial charge in [0.05, 0.1) is 12.8 Å². The van der Waals surface area contributed by atoms with Gasteiger partial charge >= 0.3 is 14.7 Å². The summed E-state index contributed by atoms with van der Waals surface area (Å²) in [4.78, 5) is 11.0. The molecule has 0 aliphatic rings. The first-order valence-corrected chi connectivity index (χ1v) is 6.88. The highest BCUT2D eigenvalue weighted by Gasteiger charge is 2.39. The molecule has 1 amide bonds. The van der Waals surface area contributed by atoms with Crippen LogP contribution in [-0.4, -0.2) is 41.6 Å². The number of rotatable bonds is 5. The Morgan fingerprint density at radius 1 is 1.36 bits per heavy atom. The molecule has 0 aliphatic carbocycles. The van der Waals surface area contributed by atoms with E-state index in [0.717, 1.165) is 6.42 Å². The fourth-order valence-corrected chi connectivity index (χ4v) is 3.03. The number of carbonyl (C=O) groups is 1. The van der Waals surface area contributed by atoms with Crippen molar-refractivity contribution in [1.82, 2.24) is 5.32 Å². The first-order valence-electron chi connectivity index (χ1n) is 4.48. The molecule has 5 nitrogen and oxygen atoms in total. The van der Waals surface area contributed by atoms with Crippen LogP contribution in [0.15, 0.2) is 0 Å². The molecular formula is C8H19NO4Si. The predicted molar refractivity (Wildman–Crippen MR) is 55.3 cm³/mol. The maximum atomic E-state index is 11.0. The van der Waals surface area contributed by atoms with Crippen molar-refractivity contribution in [1.29, 1.82) is 0 Å². The van der Waals surface area contributed by atoms with Gasteiger partial charge in [0.15, 0.2) is 0 Å². The summed E-state index contributed by atoms with van der Waals surface area (Å²) in [6.45, 7) is 3.86. The lowest BCUT2D eigenvalue weighted by Crippen LogP contribution is -2.57. The minimum absolute atomic E-state index is 0.107. The number of nitrogens with one attached hydrogen (secondary N) is 1. The molecule has 0 bridgehead atoms. The topological polar surface area (TPSA) is 56.8 Å². The molecule has 6 heteroatoms. The van der Waals surface area contributed by atoms with E-state index in [1.165, 1.54) is 7.11 Å². The second-order valence-corrected chi connectivity index (χ2v) is 6.57. The molecule has 0 spiro atoms. The monoisotopic (exact) mass is 221 g/mol. The molecule has 0 saturated carbocycles. The van der Waals surface area contributed by atoms with E-state index < -0.39 is 14.7 Å². The summed E-state index contributed by atoms with van der Waals surface area (Å²) in [5.74, 6) is 0. The molecule has 0 fully saturated rings. The zero-order valence-electron chi connectivity index (χ0n) is 9.42. The van der Waals surface area contributed by atoms with Gasteiger partial charge in [0.2, 0.25) is 0 Å². The first-order chi connectivity index (χ1) is 6.53. The van der Waals surface area contributed by atoms with Gasteiger partial charge in [0.25, 0.3) is 0 Å². The third-order valence-corrected chi connectivity index (χ3v) is 5.77. The second kappa shape index (κ2) is 6.00. The van der Waals surface area contributed by atoms with Crippen LogP contribution in [0.4, 0.5) is 4.79 Å². The van der Waals surface area contributed by atoms with Gasteiger partial charge in [0, 0.05) is 14.2 Å². The molecule has 84 valence electrons. The molecule has 14 heavy (non-hydrogen) atoms. The number of amides is 1. The molecule has 1 N–H and O–H groups in total. The van der Waals surface area contributed by atoms with Crippen LogP contribution in [0.2, 0.25) is 6.55 Å². The van der Waals surface area contributed by atoms with Crippen molar-refractivity contribution in [2.75, 3.05) is 21.3 Å². The van der Waals surface area contributed by atoms with Crippen molar-refractivity contribution >= 4 is 14.7 Å². The van der Waals surface area contributed by atoms with E-state index in [2.05, 4.69) is 10.1 Å². The maximum Gasteiger partial charge on any atom is 0.406 e. The third kappa shape index (κ3) is 3.28. The highest BCUT2D eigenvalue weighted by Crippen LogP contribution is 2.13. The Morgan fingerprint density at radius 2 is 1.86 bits per heavy atom. The molecule has 0 rings (SSSR count). The number of carbonyl (C=O) groups excluding carboxylic acids is 1. The Labute approximate surface area is 86.0 Å². The smallest absolute Gasteiger partial charge is 0.406 e. The van der Waals surface area contributed by atoms with Crippen LogP contribution in [0.25, 0.3) is 0 Å². The number of hydrogen-bond acceptors (Lipinski definition) is 4. The van der Waals surface area contributed by atoms with E-state index in [1.807, 2.05) is 13.5 Å². The Kier molecular flexibility index (Phi) is 5.74. The molecule has 0 aromatic carbocycles. The standard InChI is InChI=1S/C8H19NO4Si/c1-6-7(9-8(10)11-2)14(5,12-3)13-4/h7H,6H2,1-5H3,(H,9,10). The summed E-state index contributed by atoms with van der Waals surface area (Å²) >= 11 is 0. The van der Waals surface area contributed by atoms with Gasteiger partial charge in [-0.2, -0.15) is 0 Å².